The van der Waals surface area contributed by atoms with Crippen molar-refractivity contribution in [2.45, 2.75) is 45.7 Å². The fourth-order valence-electron chi connectivity index (χ4n) is 4.06. The molecule has 0 atom stereocenters. The van der Waals surface area contributed by atoms with Gasteiger partial charge in [0.05, 0.1) is 29.9 Å². The van der Waals surface area contributed by atoms with Gasteiger partial charge in [0.15, 0.2) is 0 Å². The van der Waals surface area contributed by atoms with Crippen LogP contribution in [0.25, 0.3) is 11.3 Å². The third kappa shape index (κ3) is 4.82. The normalized spacial score (nSPS) is 15.4. The lowest BCUT2D eigenvalue weighted by molar-refractivity contribution is -0.134. The summed E-state index contributed by atoms with van der Waals surface area (Å²) in [6.45, 7) is 6.64. The quantitative estimate of drug-likeness (QED) is 0.577. The van der Waals surface area contributed by atoms with E-state index in [9.17, 15) is 4.79 Å². The van der Waals surface area contributed by atoms with Crippen LogP contribution in [0, 0.1) is 13.8 Å². The number of piperidine rings is 1. The summed E-state index contributed by atoms with van der Waals surface area (Å²) in [7, 11) is 2.14. The van der Waals surface area contributed by atoms with E-state index in [-0.39, 0.29) is 11.9 Å². The van der Waals surface area contributed by atoms with Gasteiger partial charge in [-0.25, -0.2) is 4.98 Å². The second kappa shape index (κ2) is 9.14. The van der Waals surface area contributed by atoms with Crippen LogP contribution in [0.15, 0.2) is 47.1 Å². The van der Waals surface area contributed by atoms with Crippen molar-refractivity contribution in [1.29, 1.82) is 0 Å². The zero-order valence-corrected chi connectivity index (χ0v) is 18.7. The summed E-state index contributed by atoms with van der Waals surface area (Å²) < 4.78 is 5.57. The molecule has 0 aliphatic carbocycles. The monoisotopic (exact) mass is 423 g/mol. The first kappa shape index (κ1) is 20.8. The molecule has 0 N–H and O–H groups in total. The van der Waals surface area contributed by atoms with Crippen LogP contribution in [-0.2, 0) is 17.8 Å². The number of hydrogen-bond donors (Lipinski definition) is 0. The molecule has 3 heterocycles. The number of likely N-dealkylation sites (tertiary alicyclic amines) is 1. The van der Waals surface area contributed by atoms with Gasteiger partial charge in [-0.15, -0.1) is 11.3 Å². The maximum atomic E-state index is 13.5. The second-order valence-electron chi connectivity index (χ2n) is 8.18. The molecule has 1 aliphatic rings. The molecular weight excluding hydrogens is 394 g/mol. The number of hydrogen-bond acceptors (Lipinski definition) is 5. The summed E-state index contributed by atoms with van der Waals surface area (Å²) in [4.78, 5) is 23.7. The molecule has 0 radical (unpaired) electrons. The average molecular weight is 424 g/mol. The molecule has 1 amide bonds. The molecule has 0 spiro atoms. The van der Waals surface area contributed by atoms with E-state index in [0.717, 1.165) is 52.8 Å². The first-order chi connectivity index (χ1) is 14.5. The van der Waals surface area contributed by atoms with E-state index in [2.05, 4.69) is 43.1 Å². The van der Waals surface area contributed by atoms with Gasteiger partial charge in [0, 0.05) is 16.5 Å². The van der Waals surface area contributed by atoms with Gasteiger partial charge in [0.25, 0.3) is 0 Å². The number of rotatable bonds is 6. The summed E-state index contributed by atoms with van der Waals surface area (Å²) in [6, 6.07) is 12.5. The minimum atomic E-state index is 0.151. The highest BCUT2D eigenvalue weighted by Crippen LogP contribution is 2.30. The largest absolute Gasteiger partial charge is 0.467 e. The van der Waals surface area contributed by atoms with Gasteiger partial charge in [-0.3, -0.25) is 4.79 Å². The van der Waals surface area contributed by atoms with Gasteiger partial charge >= 0.3 is 0 Å². The van der Waals surface area contributed by atoms with Gasteiger partial charge in [-0.05, 0) is 59.0 Å². The van der Waals surface area contributed by atoms with E-state index in [1.54, 1.807) is 17.6 Å². The Labute approximate surface area is 182 Å². The summed E-state index contributed by atoms with van der Waals surface area (Å²) in [6.07, 6.45) is 4.04. The van der Waals surface area contributed by atoms with Gasteiger partial charge in [0.2, 0.25) is 5.91 Å². The first-order valence-corrected chi connectivity index (χ1v) is 11.3. The van der Waals surface area contributed by atoms with Gasteiger partial charge < -0.3 is 14.2 Å². The third-order valence-corrected chi connectivity index (χ3v) is 6.77. The number of aryl methyl sites for hydroxylation is 2. The molecule has 2 aromatic heterocycles. The van der Waals surface area contributed by atoms with Crippen molar-refractivity contribution in [3.05, 3.63) is 63.9 Å². The van der Waals surface area contributed by atoms with Crippen LogP contribution in [-0.4, -0.2) is 46.9 Å². The lowest BCUT2D eigenvalue weighted by atomic mass is 10.0. The van der Waals surface area contributed by atoms with E-state index >= 15 is 0 Å². The fourth-order valence-corrected chi connectivity index (χ4v) is 5.01. The van der Waals surface area contributed by atoms with E-state index in [1.807, 2.05) is 24.0 Å². The number of thiazole rings is 1. The fraction of sp³-hybridized carbons (Fsp3) is 0.417. The Morgan fingerprint density at radius 2 is 1.93 bits per heavy atom. The zero-order valence-electron chi connectivity index (χ0n) is 17.9. The second-order valence-corrected chi connectivity index (χ2v) is 9.47. The minimum absolute atomic E-state index is 0.151. The van der Waals surface area contributed by atoms with Crippen molar-refractivity contribution in [1.82, 2.24) is 14.8 Å². The van der Waals surface area contributed by atoms with Crippen molar-refractivity contribution in [2.75, 3.05) is 20.1 Å². The molecule has 1 aliphatic heterocycles. The smallest absolute Gasteiger partial charge is 0.228 e. The maximum Gasteiger partial charge on any atom is 0.228 e. The molecule has 6 heteroatoms. The predicted octanol–water partition coefficient (Wildman–Crippen LogP) is 4.69. The molecule has 1 saturated heterocycles. The Bertz CT molecular complexity index is 971. The number of nitrogens with zero attached hydrogens (tertiary/aromatic N) is 3. The third-order valence-electron chi connectivity index (χ3n) is 5.80. The highest BCUT2D eigenvalue weighted by molar-refractivity contribution is 7.12. The SMILES string of the molecule is Cc1ccc(-c2nc(C)sc2CC(=O)N(Cc2ccco2)C2CCN(C)CC2)cc1. The minimum Gasteiger partial charge on any atom is -0.467 e. The van der Waals surface area contributed by atoms with Crippen LogP contribution in [0.1, 0.15) is 34.1 Å². The number of carbonyl (C=O) groups is 1. The van der Waals surface area contributed by atoms with E-state index < -0.39 is 0 Å². The van der Waals surface area contributed by atoms with Crippen LogP contribution in [0.2, 0.25) is 0 Å². The molecule has 3 aromatic rings. The Morgan fingerprint density at radius 3 is 2.60 bits per heavy atom. The van der Waals surface area contributed by atoms with Gasteiger partial charge in [0.1, 0.15) is 5.76 Å². The molecule has 1 aromatic carbocycles. The summed E-state index contributed by atoms with van der Waals surface area (Å²) in [5.74, 6) is 0.986. The summed E-state index contributed by atoms with van der Waals surface area (Å²) in [5, 5.41) is 0.991. The van der Waals surface area contributed by atoms with Crippen molar-refractivity contribution >= 4 is 17.2 Å². The topological polar surface area (TPSA) is 49.6 Å². The predicted molar refractivity (Wildman–Crippen MR) is 121 cm³/mol. The molecular formula is C24H29N3O2S. The molecule has 0 unspecified atom stereocenters. The van der Waals surface area contributed by atoms with Crippen molar-refractivity contribution in [3.63, 3.8) is 0 Å². The van der Waals surface area contributed by atoms with E-state index in [1.165, 1.54) is 5.56 Å². The Kier molecular flexibility index (Phi) is 6.35. The van der Waals surface area contributed by atoms with Crippen LogP contribution in [0.5, 0.6) is 0 Å². The Balaban J connectivity index is 1.57. The Hall–Kier alpha value is -2.44. The summed E-state index contributed by atoms with van der Waals surface area (Å²) >= 11 is 1.62. The molecule has 158 valence electrons. The summed E-state index contributed by atoms with van der Waals surface area (Å²) in [5.41, 5.74) is 3.23. The zero-order chi connectivity index (χ0) is 21.1. The average Bonchev–Trinajstić information content (AvgIpc) is 3.37. The molecule has 5 nitrogen and oxygen atoms in total. The van der Waals surface area contributed by atoms with Crippen LogP contribution < -0.4 is 0 Å². The maximum absolute atomic E-state index is 13.5. The number of amides is 1. The lowest BCUT2D eigenvalue weighted by Gasteiger charge is -2.37. The molecule has 4 rings (SSSR count). The van der Waals surface area contributed by atoms with Crippen LogP contribution in [0.4, 0.5) is 0 Å². The van der Waals surface area contributed by atoms with E-state index in [0.29, 0.717) is 13.0 Å². The molecule has 1 fully saturated rings. The van der Waals surface area contributed by atoms with Crippen molar-refractivity contribution in [3.8, 4) is 11.3 Å². The number of furan rings is 1. The molecule has 0 saturated carbocycles. The highest BCUT2D eigenvalue weighted by Gasteiger charge is 2.29. The van der Waals surface area contributed by atoms with Gasteiger partial charge in [-0.2, -0.15) is 0 Å². The van der Waals surface area contributed by atoms with Crippen molar-refractivity contribution < 1.29 is 9.21 Å². The lowest BCUT2D eigenvalue weighted by Crippen LogP contribution is -2.46. The Morgan fingerprint density at radius 1 is 1.20 bits per heavy atom. The van der Waals surface area contributed by atoms with Crippen LogP contribution >= 0.6 is 11.3 Å². The van der Waals surface area contributed by atoms with Crippen molar-refractivity contribution in [2.24, 2.45) is 0 Å². The standard InChI is InChI=1S/C24H29N3O2S/c1-17-6-8-19(9-7-17)24-22(30-18(2)25-24)15-23(28)27(16-21-5-4-14-29-21)20-10-12-26(3)13-11-20/h4-9,14,20H,10-13,15-16H2,1-3H3. The molecule has 30 heavy (non-hydrogen) atoms. The number of benzene rings is 1. The van der Waals surface area contributed by atoms with E-state index in [4.69, 9.17) is 9.40 Å². The van der Waals surface area contributed by atoms with Crippen LogP contribution in [0.3, 0.4) is 0 Å². The highest BCUT2D eigenvalue weighted by atomic mass is 32.1. The number of carbonyl (C=O) groups excluding carboxylic acids is 1. The molecule has 0 bridgehead atoms. The number of aromatic nitrogens is 1. The van der Waals surface area contributed by atoms with Gasteiger partial charge in [-0.1, -0.05) is 29.8 Å². The first-order valence-electron chi connectivity index (χ1n) is 10.5.